The molecule has 1 aromatic carbocycles. The van der Waals surface area contributed by atoms with Gasteiger partial charge < -0.3 is 26.6 Å². The predicted octanol–water partition coefficient (Wildman–Crippen LogP) is 4.61. The van der Waals surface area contributed by atoms with Crippen molar-refractivity contribution >= 4 is 23.6 Å². The molecule has 0 bridgehead atoms. The van der Waals surface area contributed by atoms with Gasteiger partial charge in [0.15, 0.2) is 0 Å². The van der Waals surface area contributed by atoms with Crippen LogP contribution in [0.3, 0.4) is 0 Å². The third-order valence-corrected chi connectivity index (χ3v) is 5.35. The normalized spacial score (nSPS) is 11.1. The quantitative estimate of drug-likeness (QED) is 0.256. The van der Waals surface area contributed by atoms with Gasteiger partial charge in [-0.1, -0.05) is 75.3 Å². The average Bonchev–Trinajstić information content (AvgIpc) is 2.92. The van der Waals surface area contributed by atoms with Crippen LogP contribution in [0.25, 0.3) is 0 Å². The Bertz CT molecular complexity index is 878. The fraction of sp³-hybridized carbons (Fsp3) is 0.688. The second kappa shape index (κ2) is 23.7. The highest BCUT2D eigenvalue weighted by Gasteiger charge is 2.23. The smallest absolute Gasteiger partial charge is 0.253 e. The van der Waals surface area contributed by atoms with E-state index in [-0.39, 0.29) is 29.5 Å². The second-order valence-corrected chi connectivity index (χ2v) is 11.4. The van der Waals surface area contributed by atoms with Crippen LogP contribution in [0.2, 0.25) is 0 Å². The molecule has 0 saturated heterocycles. The van der Waals surface area contributed by atoms with E-state index in [1.807, 2.05) is 46.4 Å². The van der Waals surface area contributed by atoms with Crippen LogP contribution in [0.1, 0.15) is 109 Å². The molecule has 0 aromatic heterocycles. The van der Waals surface area contributed by atoms with E-state index >= 15 is 0 Å². The van der Waals surface area contributed by atoms with Crippen LogP contribution in [0.5, 0.6) is 0 Å². The van der Waals surface area contributed by atoms with Crippen LogP contribution >= 0.6 is 0 Å². The molecule has 0 spiro atoms. The average molecular weight is 578 g/mol. The molecule has 0 aliphatic carbocycles. The molecule has 9 nitrogen and oxygen atoms in total. The lowest BCUT2D eigenvalue weighted by atomic mass is 10.0. The molecule has 0 fully saturated rings. The first-order valence-electron chi connectivity index (χ1n) is 15.2. The molecule has 0 heterocycles. The Balaban J connectivity index is 0. The van der Waals surface area contributed by atoms with Gasteiger partial charge in [-0.05, 0) is 48.8 Å². The van der Waals surface area contributed by atoms with Gasteiger partial charge in [0, 0.05) is 50.3 Å². The highest BCUT2D eigenvalue weighted by molar-refractivity contribution is 5.99. The highest BCUT2D eigenvalue weighted by Crippen LogP contribution is 2.10. The minimum absolute atomic E-state index is 0.0211. The maximum Gasteiger partial charge on any atom is 0.253 e. The summed E-state index contributed by atoms with van der Waals surface area (Å²) in [6, 6.07) is 6.41. The van der Waals surface area contributed by atoms with Gasteiger partial charge in [-0.3, -0.25) is 19.2 Å². The number of hydrogen-bond donors (Lipinski definition) is 4. The zero-order chi connectivity index (χ0) is 32.0. The van der Waals surface area contributed by atoms with Gasteiger partial charge in [0.25, 0.3) is 11.8 Å². The van der Waals surface area contributed by atoms with Crippen molar-refractivity contribution in [1.82, 2.24) is 20.9 Å². The van der Waals surface area contributed by atoms with Gasteiger partial charge in [-0.15, -0.1) is 0 Å². The number of nitrogens with one attached hydrogen (secondary N) is 3. The molecular weight excluding hydrogens is 518 g/mol. The SMILES string of the molecule is CC(C)C.CCC(=O)NC(C(=O)NCC(C)C)C(C)C.CCCN(CCC)C(=O)c1cccc(C(=O)NCCN)c1. The maximum atomic E-state index is 12.5. The van der Waals surface area contributed by atoms with Gasteiger partial charge >= 0.3 is 0 Å². The Morgan fingerprint density at radius 1 is 0.854 bits per heavy atom. The summed E-state index contributed by atoms with van der Waals surface area (Å²) in [6.07, 6.45) is 2.24. The molecule has 236 valence electrons. The minimum atomic E-state index is -0.425. The van der Waals surface area contributed by atoms with Gasteiger partial charge in [0.1, 0.15) is 6.04 Å². The van der Waals surface area contributed by atoms with Crippen molar-refractivity contribution in [3.63, 3.8) is 0 Å². The van der Waals surface area contributed by atoms with Gasteiger partial charge in [0.2, 0.25) is 11.8 Å². The van der Waals surface area contributed by atoms with Crippen molar-refractivity contribution < 1.29 is 19.2 Å². The summed E-state index contributed by atoms with van der Waals surface area (Å²) < 4.78 is 0. The molecule has 0 aliphatic rings. The fourth-order valence-corrected chi connectivity index (χ4v) is 3.34. The number of carbonyl (C=O) groups excluding carboxylic acids is 4. The van der Waals surface area contributed by atoms with Crippen molar-refractivity contribution in [1.29, 1.82) is 0 Å². The number of amides is 4. The molecule has 1 rings (SSSR count). The summed E-state index contributed by atoms with van der Waals surface area (Å²) in [5.74, 6) is 0.949. The Hall–Kier alpha value is -2.94. The number of nitrogens with zero attached hydrogens (tertiary/aromatic N) is 1. The number of hydrogen-bond acceptors (Lipinski definition) is 5. The first-order valence-corrected chi connectivity index (χ1v) is 15.2. The van der Waals surface area contributed by atoms with Crippen LogP contribution in [0, 0.1) is 17.8 Å². The van der Waals surface area contributed by atoms with Crippen molar-refractivity contribution in [2.45, 2.75) is 94.5 Å². The largest absolute Gasteiger partial charge is 0.354 e. The molecule has 0 aliphatic heterocycles. The predicted molar refractivity (Wildman–Crippen MR) is 170 cm³/mol. The van der Waals surface area contributed by atoms with Crippen LogP contribution in [0.4, 0.5) is 0 Å². The van der Waals surface area contributed by atoms with Crippen molar-refractivity contribution in [2.75, 3.05) is 32.7 Å². The van der Waals surface area contributed by atoms with Crippen LogP contribution in [-0.2, 0) is 9.59 Å². The minimum Gasteiger partial charge on any atom is -0.354 e. The lowest BCUT2D eigenvalue weighted by Crippen LogP contribution is -2.50. The molecule has 0 radical (unpaired) electrons. The van der Waals surface area contributed by atoms with E-state index in [2.05, 4.69) is 36.7 Å². The molecule has 1 aromatic rings. The Kier molecular flexibility index (Phi) is 23.3. The summed E-state index contributed by atoms with van der Waals surface area (Å²) in [4.78, 5) is 49.3. The highest BCUT2D eigenvalue weighted by atomic mass is 16.2. The van der Waals surface area contributed by atoms with Crippen molar-refractivity contribution in [2.24, 2.45) is 23.5 Å². The lowest BCUT2D eigenvalue weighted by molar-refractivity contribution is -0.130. The third-order valence-electron chi connectivity index (χ3n) is 5.35. The van der Waals surface area contributed by atoms with Crippen LogP contribution in [-0.4, -0.2) is 67.3 Å². The summed E-state index contributed by atoms with van der Waals surface area (Å²) in [5.41, 5.74) is 6.41. The molecule has 0 saturated carbocycles. The summed E-state index contributed by atoms with van der Waals surface area (Å²) in [7, 11) is 0. The molecule has 9 heteroatoms. The Morgan fingerprint density at radius 3 is 1.83 bits per heavy atom. The lowest BCUT2D eigenvalue weighted by Gasteiger charge is -2.22. The monoisotopic (exact) mass is 577 g/mol. The topological polar surface area (TPSA) is 134 Å². The maximum absolute atomic E-state index is 12.5. The molecular formula is C32H59N5O4. The summed E-state index contributed by atoms with van der Waals surface area (Å²) >= 11 is 0. The zero-order valence-electron chi connectivity index (χ0n) is 27.4. The van der Waals surface area contributed by atoms with Gasteiger partial charge in [-0.25, -0.2) is 0 Å². The van der Waals surface area contributed by atoms with Gasteiger partial charge in [0.05, 0.1) is 0 Å². The number of rotatable bonds is 14. The van der Waals surface area contributed by atoms with Crippen molar-refractivity contribution in [3.8, 4) is 0 Å². The van der Waals surface area contributed by atoms with E-state index in [9.17, 15) is 19.2 Å². The Labute approximate surface area is 249 Å². The standard InChI is InChI=1S/C16H25N3O2.C12H24N2O2.C4H10/c1-3-10-19(11-4-2)16(21)14-7-5-6-13(12-14)15(20)18-9-8-17;1-6-10(15)14-11(9(4)5)12(16)13-7-8(2)3;1-4(2)3/h5-7,12H,3-4,8-11,17H2,1-2H3,(H,18,20);8-9,11H,6-7H2,1-5H3,(H,13,16)(H,14,15);4H,1-3H3. The molecule has 1 atom stereocenters. The molecule has 41 heavy (non-hydrogen) atoms. The van der Waals surface area contributed by atoms with E-state index in [0.29, 0.717) is 43.1 Å². The summed E-state index contributed by atoms with van der Waals surface area (Å²) in [5, 5.41) is 8.28. The van der Waals surface area contributed by atoms with E-state index in [0.717, 1.165) is 31.8 Å². The van der Waals surface area contributed by atoms with Gasteiger partial charge in [-0.2, -0.15) is 0 Å². The van der Waals surface area contributed by atoms with E-state index in [4.69, 9.17) is 5.73 Å². The number of nitrogens with two attached hydrogens (primary N) is 1. The van der Waals surface area contributed by atoms with E-state index in [1.165, 1.54) is 0 Å². The zero-order valence-corrected chi connectivity index (χ0v) is 27.4. The third kappa shape index (κ3) is 19.7. The number of carbonyl (C=O) groups is 4. The van der Waals surface area contributed by atoms with E-state index in [1.54, 1.807) is 31.2 Å². The number of benzene rings is 1. The van der Waals surface area contributed by atoms with Crippen LogP contribution < -0.4 is 21.7 Å². The van der Waals surface area contributed by atoms with E-state index < -0.39 is 6.04 Å². The van der Waals surface area contributed by atoms with Crippen molar-refractivity contribution in [3.05, 3.63) is 35.4 Å². The first kappa shape index (κ1) is 40.2. The fourth-order valence-electron chi connectivity index (χ4n) is 3.34. The molecule has 5 N–H and O–H groups in total. The molecule has 1 unspecified atom stereocenters. The van der Waals surface area contributed by atoms with Crippen LogP contribution in [0.15, 0.2) is 24.3 Å². The Morgan fingerprint density at radius 2 is 1.39 bits per heavy atom. The molecule has 4 amide bonds. The second-order valence-electron chi connectivity index (χ2n) is 11.4. The summed E-state index contributed by atoms with van der Waals surface area (Å²) in [6.45, 7) is 23.2. The first-order chi connectivity index (χ1) is 19.2.